The Balaban J connectivity index is 2.08. The lowest BCUT2D eigenvalue weighted by atomic mass is 10.2. The van der Waals surface area contributed by atoms with Crippen molar-refractivity contribution in [3.63, 3.8) is 0 Å². The summed E-state index contributed by atoms with van der Waals surface area (Å²) in [7, 11) is 0. The minimum atomic E-state index is -0.0313. The maximum atomic E-state index is 5.33. The highest BCUT2D eigenvalue weighted by Crippen LogP contribution is 2.13. The van der Waals surface area contributed by atoms with Gasteiger partial charge in [-0.3, -0.25) is 0 Å². The Morgan fingerprint density at radius 2 is 2.44 bits per heavy atom. The minimum absolute atomic E-state index is 0.0313. The van der Waals surface area contributed by atoms with Crippen molar-refractivity contribution in [3.8, 4) is 0 Å². The van der Waals surface area contributed by atoms with Crippen molar-refractivity contribution in [2.24, 2.45) is 0 Å². The van der Waals surface area contributed by atoms with Crippen molar-refractivity contribution in [2.45, 2.75) is 25.6 Å². The fraction of sp³-hybridized carbons (Fsp3) is 1.00. The highest BCUT2D eigenvalue weighted by atomic mass is 35.5. The van der Waals surface area contributed by atoms with E-state index in [1.807, 2.05) is 0 Å². The van der Waals surface area contributed by atoms with Gasteiger partial charge in [-0.2, -0.15) is 0 Å². The molecule has 0 radical (unpaired) electrons. The Morgan fingerprint density at radius 3 is 3.00 bits per heavy atom. The zero-order valence-corrected chi connectivity index (χ0v) is 6.06. The number of hydrogen-bond acceptors (Lipinski definition) is 2. The summed E-state index contributed by atoms with van der Waals surface area (Å²) in [6.07, 6.45) is 3.31. The first kappa shape index (κ1) is 7.32. The third-order valence-corrected chi connectivity index (χ3v) is 1.51. The van der Waals surface area contributed by atoms with Crippen LogP contribution in [-0.4, -0.2) is 19.0 Å². The van der Waals surface area contributed by atoms with Gasteiger partial charge in [-0.1, -0.05) is 11.6 Å². The fourth-order valence-corrected chi connectivity index (χ4v) is 1.05. The lowest BCUT2D eigenvalue weighted by molar-refractivity contribution is -0.150. The van der Waals surface area contributed by atoms with E-state index in [0.29, 0.717) is 0 Å². The molecule has 1 aliphatic heterocycles. The second-order valence-electron chi connectivity index (χ2n) is 2.07. The Morgan fingerprint density at radius 1 is 1.56 bits per heavy atom. The minimum Gasteiger partial charge on any atom is -0.353 e. The van der Waals surface area contributed by atoms with E-state index in [9.17, 15) is 0 Å². The first-order valence-corrected chi connectivity index (χ1v) is 3.76. The van der Waals surface area contributed by atoms with Gasteiger partial charge in [-0.15, -0.1) is 0 Å². The summed E-state index contributed by atoms with van der Waals surface area (Å²) in [5.74, 6) is 0. The molecule has 1 heterocycles. The molecule has 54 valence electrons. The second kappa shape index (κ2) is 4.09. The van der Waals surface area contributed by atoms with Crippen LogP contribution in [0.5, 0.6) is 0 Å². The molecule has 0 N–H and O–H groups in total. The Labute approximate surface area is 60.1 Å². The second-order valence-corrected chi connectivity index (χ2v) is 2.29. The molecular formula is C6H11ClO2. The average molecular weight is 151 g/mol. The zero-order chi connectivity index (χ0) is 6.53. The SMILES string of the molecule is ClCOC1CCCCO1. The average Bonchev–Trinajstić information content (AvgIpc) is 1.91. The van der Waals surface area contributed by atoms with E-state index in [1.165, 1.54) is 6.42 Å². The smallest absolute Gasteiger partial charge is 0.159 e. The van der Waals surface area contributed by atoms with E-state index in [1.54, 1.807) is 0 Å². The molecule has 0 aromatic heterocycles. The normalized spacial score (nSPS) is 28.3. The number of hydrogen-bond donors (Lipinski definition) is 0. The predicted octanol–water partition coefficient (Wildman–Crippen LogP) is 1.73. The van der Waals surface area contributed by atoms with Gasteiger partial charge in [0.15, 0.2) is 6.29 Å². The molecule has 1 rings (SSSR count). The highest BCUT2D eigenvalue weighted by Gasteiger charge is 2.12. The molecule has 0 saturated carbocycles. The van der Waals surface area contributed by atoms with Crippen LogP contribution < -0.4 is 0 Å². The number of rotatable bonds is 2. The molecule has 0 aromatic rings. The van der Waals surface area contributed by atoms with E-state index in [4.69, 9.17) is 21.1 Å². The molecule has 1 fully saturated rings. The van der Waals surface area contributed by atoms with Crippen LogP contribution in [0, 0.1) is 0 Å². The van der Waals surface area contributed by atoms with Gasteiger partial charge in [0.2, 0.25) is 0 Å². The number of alkyl halides is 1. The predicted molar refractivity (Wildman–Crippen MR) is 35.4 cm³/mol. The third-order valence-electron chi connectivity index (χ3n) is 1.39. The topological polar surface area (TPSA) is 18.5 Å². The summed E-state index contributed by atoms with van der Waals surface area (Å²) in [5, 5.41) is 0. The van der Waals surface area contributed by atoms with Gasteiger partial charge < -0.3 is 9.47 Å². The summed E-state index contributed by atoms with van der Waals surface area (Å²) >= 11 is 5.33. The molecule has 1 aliphatic rings. The summed E-state index contributed by atoms with van der Waals surface area (Å²) in [5.41, 5.74) is 0. The molecule has 9 heavy (non-hydrogen) atoms. The summed E-state index contributed by atoms with van der Waals surface area (Å²) < 4.78 is 10.2. The van der Waals surface area contributed by atoms with E-state index in [0.717, 1.165) is 19.4 Å². The molecule has 0 aliphatic carbocycles. The molecule has 0 aromatic carbocycles. The first-order chi connectivity index (χ1) is 4.43. The van der Waals surface area contributed by atoms with Gasteiger partial charge in [-0.05, 0) is 19.3 Å². The van der Waals surface area contributed by atoms with Crippen LogP contribution >= 0.6 is 11.6 Å². The number of ether oxygens (including phenoxy) is 2. The Kier molecular flexibility index (Phi) is 3.33. The van der Waals surface area contributed by atoms with Crippen molar-refractivity contribution >= 4 is 11.6 Å². The maximum absolute atomic E-state index is 5.33. The van der Waals surface area contributed by atoms with Crippen LogP contribution in [0.15, 0.2) is 0 Å². The molecule has 3 heteroatoms. The van der Waals surface area contributed by atoms with Crippen LogP contribution in [0.3, 0.4) is 0 Å². The number of halogens is 1. The van der Waals surface area contributed by atoms with E-state index >= 15 is 0 Å². The van der Waals surface area contributed by atoms with Gasteiger partial charge >= 0.3 is 0 Å². The van der Waals surface area contributed by atoms with Crippen molar-refractivity contribution in [1.82, 2.24) is 0 Å². The van der Waals surface area contributed by atoms with Gasteiger partial charge in [0.1, 0.15) is 6.07 Å². The van der Waals surface area contributed by atoms with Crippen molar-refractivity contribution in [1.29, 1.82) is 0 Å². The van der Waals surface area contributed by atoms with E-state index < -0.39 is 0 Å². The van der Waals surface area contributed by atoms with Crippen LogP contribution in [0.1, 0.15) is 19.3 Å². The molecule has 2 nitrogen and oxygen atoms in total. The summed E-state index contributed by atoms with van der Waals surface area (Å²) in [6.45, 7) is 0.821. The van der Waals surface area contributed by atoms with E-state index in [2.05, 4.69) is 0 Å². The molecule has 1 unspecified atom stereocenters. The maximum Gasteiger partial charge on any atom is 0.159 e. The van der Waals surface area contributed by atoms with Crippen molar-refractivity contribution in [2.75, 3.05) is 12.7 Å². The Hall–Kier alpha value is 0.210. The molecular weight excluding hydrogens is 140 g/mol. The highest BCUT2D eigenvalue weighted by molar-refractivity contribution is 6.17. The molecule has 1 atom stereocenters. The fourth-order valence-electron chi connectivity index (χ4n) is 0.913. The zero-order valence-electron chi connectivity index (χ0n) is 5.31. The van der Waals surface area contributed by atoms with Crippen LogP contribution in [0.2, 0.25) is 0 Å². The quantitative estimate of drug-likeness (QED) is 0.559. The molecule has 0 bridgehead atoms. The molecule has 1 saturated heterocycles. The van der Waals surface area contributed by atoms with Crippen molar-refractivity contribution in [3.05, 3.63) is 0 Å². The lowest BCUT2D eigenvalue weighted by Crippen LogP contribution is -2.21. The third kappa shape index (κ3) is 2.52. The largest absolute Gasteiger partial charge is 0.353 e. The molecule has 0 spiro atoms. The van der Waals surface area contributed by atoms with Gasteiger partial charge in [-0.25, -0.2) is 0 Å². The first-order valence-electron chi connectivity index (χ1n) is 3.22. The van der Waals surface area contributed by atoms with Crippen LogP contribution in [0.4, 0.5) is 0 Å². The lowest BCUT2D eigenvalue weighted by Gasteiger charge is -2.21. The summed E-state index contributed by atoms with van der Waals surface area (Å²) in [6, 6.07) is 0.241. The van der Waals surface area contributed by atoms with Gasteiger partial charge in [0.05, 0.1) is 0 Å². The summed E-state index contributed by atoms with van der Waals surface area (Å²) in [4.78, 5) is 0. The monoisotopic (exact) mass is 150 g/mol. The van der Waals surface area contributed by atoms with E-state index in [-0.39, 0.29) is 12.4 Å². The van der Waals surface area contributed by atoms with Gasteiger partial charge in [0.25, 0.3) is 0 Å². The standard InChI is InChI=1S/C6H11ClO2/c7-5-9-6-3-1-2-4-8-6/h6H,1-5H2. The Bertz CT molecular complexity index is 68.7. The van der Waals surface area contributed by atoms with Gasteiger partial charge in [0, 0.05) is 6.61 Å². The van der Waals surface area contributed by atoms with Crippen LogP contribution in [-0.2, 0) is 9.47 Å². The van der Waals surface area contributed by atoms with Crippen molar-refractivity contribution < 1.29 is 9.47 Å². The molecule has 0 amide bonds. The van der Waals surface area contributed by atoms with Crippen LogP contribution in [0.25, 0.3) is 0 Å².